The molecule has 0 atom stereocenters. The van der Waals surface area contributed by atoms with Crippen molar-refractivity contribution in [3.63, 3.8) is 0 Å². The molecule has 1 aliphatic rings. The summed E-state index contributed by atoms with van der Waals surface area (Å²) in [6.45, 7) is 1.68. The smallest absolute Gasteiger partial charge is 0.255 e. The Morgan fingerprint density at radius 2 is 1.70 bits per heavy atom. The molecule has 0 radical (unpaired) electrons. The zero-order chi connectivity index (χ0) is 19.1. The summed E-state index contributed by atoms with van der Waals surface area (Å²) in [5.74, 6) is -0.121. The zero-order valence-corrected chi connectivity index (χ0v) is 15.1. The summed E-state index contributed by atoms with van der Waals surface area (Å²) in [5, 5.41) is 2.80. The Morgan fingerprint density at radius 3 is 2.44 bits per heavy atom. The second-order valence-corrected chi connectivity index (χ2v) is 6.50. The first-order chi connectivity index (χ1) is 13.1. The molecule has 1 N–H and O–H groups in total. The van der Waals surface area contributed by atoms with Crippen molar-refractivity contribution in [1.82, 2.24) is 4.90 Å². The fraction of sp³-hybridized carbons (Fsp3) is 0.333. The Balaban J connectivity index is 1.55. The van der Waals surface area contributed by atoms with Crippen molar-refractivity contribution < 1.29 is 18.7 Å². The number of para-hydroxylation sites is 1. The van der Waals surface area contributed by atoms with Gasteiger partial charge in [0.05, 0.1) is 24.3 Å². The van der Waals surface area contributed by atoms with E-state index in [0.29, 0.717) is 17.0 Å². The summed E-state index contributed by atoms with van der Waals surface area (Å²) in [7, 11) is 0. The van der Waals surface area contributed by atoms with E-state index in [1.165, 1.54) is 24.3 Å². The molecule has 1 heterocycles. The maximum absolute atomic E-state index is 12.9. The van der Waals surface area contributed by atoms with E-state index in [2.05, 4.69) is 5.32 Å². The Bertz CT molecular complexity index is 786. The quantitative estimate of drug-likeness (QED) is 0.840. The molecule has 0 bridgehead atoms. The number of hydrogen-bond donors (Lipinski definition) is 1. The summed E-state index contributed by atoms with van der Waals surface area (Å²) in [6.07, 6.45) is 3.31. The fourth-order valence-corrected chi connectivity index (χ4v) is 3.05. The van der Waals surface area contributed by atoms with Crippen molar-refractivity contribution in [3.8, 4) is 5.75 Å². The van der Waals surface area contributed by atoms with Gasteiger partial charge in [-0.15, -0.1) is 0 Å². The minimum atomic E-state index is -0.338. The maximum Gasteiger partial charge on any atom is 0.255 e. The maximum atomic E-state index is 12.9. The number of piperidine rings is 1. The molecule has 5 nitrogen and oxygen atoms in total. The Labute approximate surface area is 158 Å². The van der Waals surface area contributed by atoms with Crippen LogP contribution >= 0.6 is 0 Å². The molecule has 2 aromatic rings. The lowest BCUT2D eigenvalue weighted by atomic mass is 10.1. The monoisotopic (exact) mass is 370 g/mol. The van der Waals surface area contributed by atoms with Gasteiger partial charge in [-0.25, -0.2) is 4.39 Å². The first-order valence-electron chi connectivity index (χ1n) is 9.20. The van der Waals surface area contributed by atoms with Crippen molar-refractivity contribution >= 4 is 17.5 Å². The van der Waals surface area contributed by atoms with Crippen LogP contribution in [0.4, 0.5) is 10.1 Å². The van der Waals surface area contributed by atoms with E-state index in [-0.39, 0.29) is 30.7 Å². The van der Waals surface area contributed by atoms with E-state index in [0.717, 1.165) is 32.4 Å². The number of likely N-dealkylation sites (tertiary alicyclic amines) is 1. The zero-order valence-electron chi connectivity index (χ0n) is 15.1. The summed E-state index contributed by atoms with van der Waals surface area (Å²) >= 11 is 0. The molecule has 2 amide bonds. The SMILES string of the molecule is O=C(CCOc1ccc(F)cc1)Nc1ccccc1C(=O)N1CCCCC1. The van der Waals surface area contributed by atoms with Crippen molar-refractivity contribution in [2.24, 2.45) is 0 Å². The average molecular weight is 370 g/mol. The van der Waals surface area contributed by atoms with Gasteiger partial charge in [0.2, 0.25) is 5.91 Å². The Kier molecular flexibility index (Phi) is 6.41. The van der Waals surface area contributed by atoms with Gasteiger partial charge < -0.3 is 15.0 Å². The standard InChI is InChI=1S/C21H23FN2O3/c22-16-8-10-17(11-9-16)27-15-12-20(25)23-19-7-3-2-6-18(19)21(26)24-13-4-1-5-14-24/h2-3,6-11H,1,4-5,12-15H2,(H,23,25). The van der Waals surface area contributed by atoms with Crippen LogP contribution in [0.25, 0.3) is 0 Å². The number of rotatable bonds is 6. The molecule has 2 aromatic carbocycles. The molecule has 1 aliphatic heterocycles. The molecule has 1 saturated heterocycles. The number of halogens is 1. The molecule has 27 heavy (non-hydrogen) atoms. The highest BCUT2D eigenvalue weighted by Crippen LogP contribution is 2.20. The number of amides is 2. The van der Waals surface area contributed by atoms with Crippen LogP contribution in [0.2, 0.25) is 0 Å². The number of carbonyl (C=O) groups is 2. The van der Waals surface area contributed by atoms with Gasteiger partial charge in [0.1, 0.15) is 11.6 Å². The van der Waals surface area contributed by atoms with Crippen LogP contribution in [0.5, 0.6) is 5.75 Å². The van der Waals surface area contributed by atoms with Crippen molar-refractivity contribution in [2.45, 2.75) is 25.7 Å². The van der Waals surface area contributed by atoms with Gasteiger partial charge in [0.25, 0.3) is 5.91 Å². The normalized spacial score (nSPS) is 13.9. The van der Waals surface area contributed by atoms with Gasteiger partial charge in [0.15, 0.2) is 0 Å². The molecule has 3 rings (SSSR count). The first-order valence-corrected chi connectivity index (χ1v) is 9.20. The van der Waals surface area contributed by atoms with Gasteiger partial charge >= 0.3 is 0 Å². The number of benzene rings is 2. The molecular formula is C21H23FN2O3. The molecular weight excluding hydrogens is 347 g/mol. The van der Waals surface area contributed by atoms with E-state index >= 15 is 0 Å². The predicted molar refractivity (Wildman–Crippen MR) is 101 cm³/mol. The van der Waals surface area contributed by atoms with E-state index in [1.807, 2.05) is 4.90 Å². The van der Waals surface area contributed by atoms with Crippen molar-refractivity contribution in [3.05, 3.63) is 59.9 Å². The van der Waals surface area contributed by atoms with Gasteiger partial charge in [-0.05, 0) is 55.7 Å². The van der Waals surface area contributed by atoms with Crippen LogP contribution in [0, 0.1) is 5.82 Å². The lowest BCUT2D eigenvalue weighted by Crippen LogP contribution is -2.36. The molecule has 0 spiro atoms. The summed E-state index contributed by atoms with van der Waals surface area (Å²) in [6, 6.07) is 12.7. The molecule has 0 saturated carbocycles. The topological polar surface area (TPSA) is 58.6 Å². The molecule has 0 unspecified atom stereocenters. The van der Waals surface area contributed by atoms with Gasteiger partial charge in [-0.2, -0.15) is 0 Å². The Morgan fingerprint density at radius 1 is 1.00 bits per heavy atom. The summed E-state index contributed by atoms with van der Waals surface area (Å²) < 4.78 is 18.3. The number of carbonyl (C=O) groups excluding carboxylic acids is 2. The molecule has 1 fully saturated rings. The number of anilines is 1. The highest BCUT2D eigenvalue weighted by molar-refractivity contribution is 6.03. The third-order valence-electron chi connectivity index (χ3n) is 4.49. The molecule has 142 valence electrons. The van der Waals surface area contributed by atoms with Gasteiger partial charge in [0, 0.05) is 13.1 Å². The van der Waals surface area contributed by atoms with Crippen molar-refractivity contribution in [2.75, 3.05) is 25.0 Å². The number of nitrogens with one attached hydrogen (secondary N) is 1. The van der Waals surface area contributed by atoms with E-state index in [9.17, 15) is 14.0 Å². The number of nitrogens with zero attached hydrogens (tertiary/aromatic N) is 1. The first kappa shape index (κ1) is 18.9. The van der Waals surface area contributed by atoms with Gasteiger partial charge in [-0.1, -0.05) is 12.1 Å². The lowest BCUT2D eigenvalue weighted by molar-refractivity contribution is -0.116. The predicted octanol–water partition coefficient (Wildman–Crippen LogP) is 3.86. The minimum absolute atomic E-state index is 0.0480. The number of hydrogen-bond acceptors (Lipinski definition) is 3. The Hall–Kier alpha value is -2.89. The van der Waals surface area contributed by atoms with E-state index in [1.54, 1.807) is 24.3 Å². The van der Waals surface area contributed by atoms with Crippen LogP contribution in [-0.4, -0.2) is 36.4 Å². The fourth-order valence-electron chi connectivity index (χ4n) is 3.05. The summed E-state index contributed by atoms with van der Waals surface area (Å²) in [5.41, 5.74) is 1.02. The highest BCUT2D eigenvalue weighted by Gasteiger charge is 2.21. The molecule has 0 aliphatic carbocycles. The van der Waals surface area contributed by atoms with Crippen molar-refractivity contribution in [1.29, 1.82) is 0 Å². The third-order valence-corrected chi connectivity index (χ3v) is 4.49. The molecule has 6 heteroatoms. The minimum Gasteiger partial charge on any atom is -0.493 e. The lowest BCUT2D eigenvalue weighted by Gasteiger charge is -2.27. The van der Waals surface area contributed by atoms with Gasteiger partial charge in [-0.3, -0.25) is 9.59 Å². The van der Waals surface area contributed by atoms with Crippen LogP contribution < -0.4 is 10.1 Å². The second kappa shape index (κ2) is 9.16. The van der Waals surface area contributed by atoms with E-state index < -0.39 is 0 Å². The summed E-state index contributed by atoms with van der Waals surface area (Å²) in [4.78, 5) is 26.8. The highest BCUT2D eigenvalue weighted by atomic mass is 19.1. The van der Waals surface area contributed by atoms with Crippen LogP contribution in [0.3, 0.4) is 0 Å². The molecule has 0 aromatic heterocycles. The van der Waals surface area contributed by atoms with Crippen LogP contribution in [-0.2, 0) is 4.79 Å². The van der Waals surface area contributed by atoms with E-state index in [4.69, 9.17) is 4.74 Å². The second-order valence-electron chi connectivity index (χ2n) is 6.50. The average Bonchev–Trinajstić information content (AvgIpc) is 2.70. The largest absolute Gasteiger partial charge is 0.493 e. The van der Waals surface area contributed by atoms with Crippen LogP contribution in [0.15, 0.2) is 48.5 Å². The number of ether oxygens (including phenoxy) is 1. The van der Waals surface area contributed by atoms with Crippen LogP contribution in [0.1, 0.15) is 36.0 Å². The third kappa shape index (κ3) is 5.29.